The van der Waals surface area contributed by atoms with E-state index in [9.17, 15) is 20.1 Å². The van der Waals surface area contributed by atoms with E-state index in [1.807, 2.05) is 6.08 Å². The molecule has 0 saturated carbocycles. The van der Waals surface area contributed by atoms with Gasteiger partial charge in [0.1, 0.15) is 0 Å². The molecule has 0 aliphatic carbocycles. The Kier molecular flexibility index (Phi) is 30.4. The van der Waals surface area contributed by atoms with Gasteiger partial charge in [-0.1, -0.05) is 147 Å². The first-order chi connectivity index (χ1) is 20.0. The van der Waals surface area contributed by atoms with Crippen LogP contribution in [0.25, 0.3) is 0 Å². The van der Waals surface area contributed by atoms with Gasteiger partial charge in [-0.05, 0) is 44.9 Å². The summed E-state index contributed by atoms with van der Waals surface area (Å²) in [6, 6.07) is -0.762. The number of allylic oxidation sites excluding steroid dienone is 5. The molecule has 0 bridgehead atoms. The summed E-state index contributed by atoms with van der Waals surface area (Å²) in [5.74, 6) is -0.336. The summed E-state index contributed by atoms with van der Waals surface area (Å²) >= 11 is 0. The first-order valence-corrected chi connectivity index (χ1v) is 17.3. The summed E-state index contributed by atoms with van der Waals surface area (Å²) in [4.78, 5) is 12.3. The summed E-state index contributed by atoms with van der Waals surface area (Å²) < 4.78 is 0. The van der Waals surface area contributed by atoms with Crippen LogP contribution >= 0.6 is 0 Å². The van der Waals surface area contributed by atoms with Crippen molar-refractivity contribution in [3.8, 4) is 0 Å². The second-order valence-corrected chi connectivity index (χ2v) is 11.8. The van der Waals surface area contributed by atoms with Gasteiger partial charge in [-0.3, -0.25) is 4.79 Å². The lowest BCUT2D eigenvalue weighted by molar-refractivity contribution is -0.124. The molecule has 0 aliphatic heterocycles. The van der Waals surface area contributed by atoms with Crippen molar-refractivity contribution in [1.82, 2.24) is 5.32 Å². The van der Waals surface area contributed by atoms with Gasteiger partial charge in [0.2, 0.25) is 5.91 Å². The molecule has 3 atom stereocenters. The Hall–Kier alpha value is -1.43. The number of carbonyl (C=O) groups is 1. The molecule has 5 nitrogen and oxygen atoms in total. The van der Waals surface area contributed by atoms with E-state index in [-0.39, 0.29) is 18.9 Å². The van der Waals surface area contributed by atoms with E-state index in [1.165, 1.54) is 96.3 Å². The van der Waals surface area contributed by atoms with Gasteiger partial charge >= 0.3 is 0 Å². The predicted octanol–water partition coefficient (Wildman–Crippen LogP) is 8.87. The van der Waals surface area contributed by atoms with E-state index < -0.39 is 18.2 Å². The van der Waals surface area contributed by atoms with Gasteiger partial charge < -0.3 is 20.6 Å². The molecule has 0 aromatic rings. The maximum Gasteiger partial charge on any atom is 0.222 e. The molecule has 1 amide bonds. The Morgan fingerprint density at radius 1 is 0.610 bits per heavy atom. The third-order valence-corrected chi connectivity index (χ3v) is 7.66. The van der Waals surface area contributed by atoms with Gasteiger partial charge in [0, 0.05) is 0 Å². The summed E-state index contributed by atoms with van der Waals surface area (Å²) in [5, 5.41) is 32.8. The molecule has 0 fully saturated rings. The number of nitrogens with one attached hydrogen (secondary N) is 1. The highest BCUT2D eigenvalue weighted by atomic mass is 16.3. The van der Waals surface area contributed by atoms with E-state index in [0.29, 0.717) is 6.42 Å². The van der Waals surface area contributed by atoms with Crippen molar-refractivity contribution in [2.75, 3.05) is 6.61 Å². The molecular formula is C36H67NO4. The van der Waals surface area contributed by atoms with Crippen molar-refractivity contribution in [1.29, 1.82) is 0 Å². The molecule has 240 valence electrons. The van der Waals surface area contributed by atoms with Crippen LogP contribution in [-0.4, -0.2) is 46.1 Å². The van der Waals surface area contributed by atoms with Crippen LogP contribution in [0.3, 0.4) is 0 Å². The van der Waals surface area contributed by atoms with Crippen molar-refractivity contribution in [2.24, 2.45) is 0 Å². The molecule has 0 aromatic carbocycles. The lowest BCUT2D eigenvalue weighted by Crippen LogP contribution is -2.45. The van der Waals surface area contributed by atoms with E-state index >= 15 is 0 Å². The van der Waals surface area contributed by atoms with E-state index in [4.69, 9.17) is 0 Å². The Morgan fingerprint density at radius 2 is 1.05 bits per heavy atom. The van der Waals surface area contributed by atoms with Crippen LogP contribution < -0.4 is 5.32 Å². The lowest BCUT2D eigenvalue weighted by atomic mass is 10.0. The molecule has 0 rings (SSSR count). The summed E-state index contributed by atoms with van der Waals surface area (Å²) in [6.45, 7) is 4.12. The van der Waals surface area contributed by atoms with Crippen molar-refractivity contribution < 1.29 is 20.1 Å². The average Bonchev–Trinajstić information content (AvgIpc) is 2.96. The zero-order valence-corrected chi connectivity index (χ0v) is 26.9. The molecule has 0 aromatic heterocycles. The first kappa shape index (κ1) is 39.6. The molecule has 41 heavy (non-hydrogen) atoms. The van der Waals surface area contributed by atoms with Crippen molar-refractivity contribution in [3.05, 3.63) is 36.5 Å². The number of hydrogen-bond acceptors (Lipinski definition) is 4. The molecule has 4 N–H and O–H groups in total. The standard InChI is InChI=1S/C36H67NO4/c1-3-5-7-9-11-12-13-14-15-16-17-18-19-20-21-22-24-26-28-30-35(40)34(32-38)37-36(41)31-33(39)29-27-25-23-10-8-6-4-2/h17-18,21-22,28,30,33-35,38-40H,3-16,19-20,23-27,29,31-32H2,1-2H3,(H,37,41)/b18-17+,22-21+,30-28+. The third kappa shape index (κ3) is 28.5. The molecule has 0 radical (unpaired) electrons. The number of aliphatic hydroxyl groups is 3. The van der Waals surface area contributed by atoms with Crippen LogP contribution in [0.4, 0.5) is 0 Å². The number of unbranched alkanes of at least 4 members (excludes halogenated alkanes) is 17. The van der Waals surface area contributed by atoms with Crippen LogP contribution in [-0.2, 0) is 4.79 Å². The smallest absolute Gasteiger partial charge is 0.222 e. The van der Waals surface area contributed by atoms with Gasteiger partial charge in [0.25, 0.3) is 0 Å². The molecule has 0 heterocycles. The predicted molar refractivity (Wildman–Crippen MR) is 176 cm³/mol. The Balaban J connectivity index is 3.82. The van der Waals surface area contributed by atoms with Crippen LogP contribution in [0.1, 0.15) is 162 Å². The average molecular weight is 578 g/mol. The zero-order valence-electron chi connectivity index (χ0n) is 26.9. The maximum absolute atomic E-state index is 12.3. The lowest BCUT2D eigenvalue weighted by Gasteiger charge is -2.20. The van der Waals surface area contributed by atoms with Gasteiger partial charge in [0.05, 0.1) is 31.3 Å². The number of hydrogen-bond donors (Lipinski definition) is 4. The normalized spacial score (nSPS) is 14.4. The number of aliphatic hydroxyl groups excluding tert-OH is 3. The van der Waals surface area contributed by atoms with E-state index in [2.05, 4.69) is 43.5 Å². The van der Waals surface area contributed by atoms with Crippen LogP contribution in [0.5, 0.6) is 0 Å². The highest BCUT2D eigenvalue weighted by Crippen LogP contribution is 2.12. The monoisotopic (exact) mass is 578 g/mol. The van der Waals surface area contributed by atoms with E-state index in [0.717, 1.165) is 38.5 Å². The minimum atomic E-state index is -0.955. The Morgan fingerprint density at radius 3 is 1.56 bits per heavy atom. The quantitative estimate of drug-likeness (QED) is 0.0507. The Bertz CT molecular complexity index is 645. The molecular weight excluding hydrogens is 510 g/mol. The highest BCUT2D eigenvalue weighted by molar-refractivity contribution is 5.76. The second kappa shape index (κ2) is 31.5. The fourth-order valence-corrected chi connectivity index (χ4v) is 4.96. The largest absolute Gasteiger partial charge is 0.394 e. The highest BCUT2D eigenvalue weighted by Gasteiger charge is 2.20. The summed E-state index contributed by atoms with van der Waals surface area (Å²) in [7, 11) is 0. The van der Waals surface area contributed by atoms with Crippen LogP contribution in [0, 0.1) is 0 Å². The molecule has 0 spiro atoms. The second-order valence-electron chi connectivity index (χ2n) is 11.8. The van der Waals surface area contributed by atoms with Gasteiger partial charge in [-0.15, -0.1) is 0 Å². The summed E-state index contributed by atoms with van der Waals surface area (Å²) in [5.41, 5.74) is 0. The number of rotatable bonds is 30. The Labute approximate surface area is 254 Å². The molecule has 0 saturated heterocycles. The fraction of sp³-hybridized carbons (Fsp3) is 0.806. The van der Waals surface area contributed by atoms with Crippen molar-refractivity contribution in [3.63, 3.8) is 0 Å². The SMILES string of the molecule is CCCCCCCCCCC/C=C/CC/C=C/CC/C=C/C(O)C(CO)NC(=O)CC(O)CCCCCCCCC. The molecule has 3 unspecified atom stereocenters. The topological polar surface area (TPSA) is 89.8 Å². The molecule has 5 heteroatoms. The third-order valence-electron chi connectivity index (χ3n) is 7.66. The minimum Gasteiger partial charge on any atom is -0.394 e. The fourth-order valence-electron chi connectivity index (χ4n) is 4.96. The van der Waals surface area contributed by atoms with Gasteiger partial charge in [0.15, 0.2) is 0 Å². The molecule has 0 aliphatic rings. The number of amides is 1. The van der Waals surface area contributed by atoms with Crippen LogP contribution in [0.2, 0.25) is 0 Å². The minimum absolute atomic E-state index is 0.00199. The van der Waals surface area contributed by atoms with Crippen molar-refractivity contribution >= 4 is 5.91 Å². The first-order valence-electron chi connectivity index (χ1n) is 17.3. The van der Waals surface area contributed by atoms with Crippen LogP contribution in [0.15, 0.2) is 36.5 Å². The maximum atomic E-state index is 12.3. The van der Waals surface area contributed by atoms with E-state index in [1.54, 1.807) is 6.08 Å². The van der Waals surface area contributed by atoms with Gasteiger partial charge in [-0.25, -0.2) is 0 Å². The van der Waals surface area contributed by atoms with Crippen molar-refractivity contribution in [2.45, 2.75) is 180 Å². The number of carbonyl (C=O) groups excluding carboxylic acids is 1. The van der Waals surface area contributed by atoms with Gasteiger partial charge in [-0.2, -0.15) is 0 Å². The zero-order chi connectivity index (χ0) is 30.2. The summed E-state index contributed by atoms with van der Waals surface area (Å²) in [6.07, 6.45) is 37.1.